The van der Waals surface area contributed by atoms with Crippen molar-refractivity contribution in [2.45, 2.75) is 38.5 Å². The van der Waals surface area contributed by atoms with Crippen LogP contribution in [0.2, 0.25) is 0 Å². The van der Waals surface area contributed by atoms with Crippen molar-refractivity contribution in [3.8, 4) is 0 Å². The Bertz CT molecular complexity index is 954. The van der Waals surface area contributed by atoms with Crippen LogP contribution in [0.5, 0.6) is 0 Å². The molecule has 0 spiro atoms. The van der Waals surface area contributed by atoms with Crippen LogP contribution in [0.3, 0.4) is 0 Å². The minimum atomic E-state index is -0.0245. The monoisotopic (exact) mass is 463 g/mol. The lowest BCUT2D eigenvalue weighted by atomic mass is 9.89. The van der Waals surface area contributed by atoms with Crippen LogP contribution < -0.4 is 5.32 Å². The maximum atomic E-state index is 13.1. The molecule has 0 radical (unpaired) electrons. The molecule has 34 heavy (non-hydrogen) atoms. The fourth-order valence-electron chi connectivity index (χ4n) is 4.86. The van der Waals surface area contributed by atoms with Crippen molar-refractivity contribution in [1.82, 2.24) is 15.1 Å². The number of nitrogens with zero attached hydrogens (tertiary/aromatic N) is 2. The number of rotatable bonds is 8. The van der Waals surface area contributed by atoms with E-state index in [0.717, 1.165) is 76.2 Å². The smallest absolute Gasteiger partial charge is 0.253 e. The van der Waals surface area contributed by atoms with Gasteiger partial charge in [-0.25, -0.2) is 0 Å². The second-order valence-corrected chi connectivity index (χ2v) is 9.33. The van der Waals surface area contributed by atoms with Crippen molar-refractivity contribution in [3.63, 3.8) is 0 Å². The highest BCUT2D eigenvalue weighted by Gasteiger charge is 2.26. The Morgan fingerprint density at radius 3 is 2.59 bits per heavy atom. The molecule has 2 amide bonds. The molecule has 0 aromatic heterocycles. The average Bonchev–Trinajstić information content (AvgIpc) is 2.91. The van der Waals surface area contributed by atoms with E-state index in [2.05, 4.69) is 23.2 Å². The zero-order valence-electron chi connectivity index (χ0n) is 20.3. The Labute approximate surface area is 203 Å². The van der Waals surface area contributed by atoms with Gasteiger partial charge in [0.25, 0.3) is 11.8 Å². The lowest BCUT2D eigenvalue weighted by Crippen LogP contribution is -2.39. The lowest BCUT2D eigenvalue weighted by molar-refractivity contribution is 0.0374. The van der Waals surface area contributed by atoms with Gasteiger partial charge in [0.2, 0.25) is 0 Å². The van der Waals surface area contributed by atoms with Gasteiger partial charge in [-0.1, -0.05) is 31.2 Å². The highest BCUT2D eigenvalue weighted by molar-refractivity contribution is 5.95. The number of morpholine rings is 1. The van der Waals surface area contributed by atoms with E-state index >= 15 is 0 Å². The maximum Gasteiger partial charge on any atom is 0.253 e. The second kappa shape index (κ2) is 12.1. The zero-order valence-corrected chi connectivity index (χ0v) is 20.3. The summed E-state index contributed by atoms with van der Waals surface area (Å²) < 4.78 is 5.38. The predicted octanol–water partition coefficient (Wildman–Crippen LogP) is 3.72. The van der Waals surface area contributed by atoms with Crippen LogP contribution in [0.1, 0.15) is 63.9 Å². The summed E-state index contributed by atoms with van der Waals surface area (Å²) in [5.74, 6) is 0.326. The average molecular weight is 464 g/mol. The van der Waals surface area contributed by atoms with Gasteiger partial charge < -0.3 is 15.0 Å². The van der Waals surface area contributed by atoms with Crippen molar-refractivity contribution >= 4 is 11.8 Å². The number of hydrogen-bond donors (Lipinski definition) is 1. The number of hydrogen-bond acceptors (Lipinski definition) is 4. The van der Waals surface area contributed by atoms with Gasteiger partial charge in [0.05, 0.1) is 13.2 Å². The van der Waals surface area contributed by atoms with Crippen LogP contribution in [0.15, 0.2) is 48.5 Å². The summed E-state index contributed by atoms with van der Waals surface area (Å²) in [5, 5.41) is 3.07. The Hall–Kier alpha value is -2.70. The molecule has 2 saturated heterocycles. The molecule has 0 aliphatic carbocycles. The van der Waals surface area contributed by atoms with Crippen molar-refractivity contribution in [1.29, 1.82) is 0 Å². The summed E-state index contributed by atoms with van der Waals surface area (Å²) in [7, 11) is 0. The molecule has 6 heteroatoms. The maximum absolute atomic E-state index is 13.1. The molecule has 0 saturated carbocycles. The van der Waals surface area contributed by atoms with E-state index in [1.807, 2.05) is 47.4 Å². The Morgan fingerprint density at radius 1 is 1.03 bits per heavy atom. The second-order valence-electron chi connectivity index (χ2n) is 9.33. The third kappa shape index (κ3) is 6.45. The van der Waals surface area contributed by atoms with E-state index in [-0.39, 0.29) is 17.7 Å². The summed E-state index contributed by atoms with van der Waals surface area (Å²) >= 11 is 0. The van der Waals surface area contributed by atoms with Crippen LogP contribution in [0, 0.1) is 0 Å². The Kier molecular flexibility index (Phi) is 8.72. The van der Waals surface area contributed by atoms with Gasteiger partial charge in [0.1, 0.15) is 0 Å². The van der Waals surface area contributed by atoms with E-state index in [9.17, 15) is 9.59 Å². The lowest BCUT2D eigenvalue weighted by Gasteiger charge is -2.33. The summed E-state index contributed by atoms with van der Waals surface area (Å²) in [6, 6.07) is 15.9. The molecule has 0 unspecified atom stereocenters. The minimum absolute atomic E-state index is 0.0245. The van der Waals surface area contributed by atoms with Gasteiger partial charge in [0.15, 0.2) is 0 Å². The van der Waals surface area contributed by atoms with Crippen LogP contribution in [0.4, 0.5) is 0 Å². The van der Waals surface area contributed by atoms with Crippen LogP contribution in [-0.4, -0.2) is 74.1 Å². The standard InChI is InChI=1S/C28H37N3O3/c1-2-22-9-11-23(12-10-22)28(33)31-15-4-8-26(21-31)24-6-3-7-25(20-24)27(32)29-13-5-14-30-16-18-34-19-17-30/h3,6-7,9-12,20,26H,2,4-5,8,13-19,21H2,1H3,(H,29,32)/t26-/m1/s1. The van der Waals surface area contributed by atoms with Gasteiger partial charge in [-0.2, -0.15) is 0 Å². The van der Waals surface area contributed by atoms with Gasteiger partial charge in [-0.05, 0) is 67.6 Å². The van der Waals surface area contributed by atoms with E-state index in [0.29, 0.717) is 18.7 Å². The number of piperidine rings is 1. The van der Waals surface area contributed by atoms with Crippen LogP contribution in [0.25, 0.3) is 0 Å². The molecule has 1 atom stereocenters. The molecule has 2 aliphatic heterocycles. The van der Waals surface area contributed by atoms with E-state index in [1.54, 1.807) is 0 Å². The molecular weight excluding hydrogens is 426 g/mol. The largest absolute Gasteiger partial charge is 0.379 e. The number of aryl methyl sites for hydroxylation is 1. The van der Waals surface area contributed by atoms with Crippen molar-refractivity contribution in [3.05, 3.63) is 70.8 Å². The molecule has 6 nitrogen and oxygen atoms in total. The molecule has 182 valence electrons. The highest BCUT2D eigenvalue weighted by Crippen LogP contribution is 2.28. The summed E-state index contributed by atoms with van der Waals surface area (Å²) in [6.45, 7) is 8.80. The first-order valence-corrected chi connectivity index (χ1v) is 12.7. The van der Waals surface area contributed by atoms with E-state index in [4.69, 9.17) is 4.74 Å². The highest BCUT2D eigenvalue weighted by atomic mass is 16.5. The molecule has 2 heterocycles. The fraction of sp³-hybridized carbons (Fsp3) is 0.500. The number of nitrogens with one attached hydrogen (secondary N) is 1. The van der Waals surface area contributed by atoms with Gasteiger partial charge in [-0.15, -0.1) is 0 Å². The molecule has 2 aliphatic rings. The van der Waals surface area contributed by atoms with Gasteiger partial charge in [-0.3, -0.25) is 14.5 Å². The first-order valence-electron chi connectivity index (χ1n) is 12.7. The van der Waals surface area contributed by atoms with Gasteiger partial charge in [0, 0.05) is 49.8 Å². The normalized spacial score (nSPS) is 19.1. The Morgan fingerprint density at radius 2 is 1.82 bits per heavy atom. The number of amides is 2. The molecule has 1 N–H and O–H groups in total. The van der Waals surface area contributed by atoms with Crippen molar-refractivity contribution < 1.29 is 14.3 Å². The zero-order chi connectivity index (χ0) is 23.8. The number of ether oxygens (including phenoxy) is 1. The number of carbonyl (C=O) groups excluding carboxylic acids is 2. The quantitative estimate of drug-likeness (QED) is 0.606. The summed E-state index contributed by atoms with van der Waals surface area (Å²) in [5.41, 5.74) is 3.83. The van der Waals surface area contributed by atoms with Crippen LogP contribution >= 0.6 is 0 Å². The first-order chi connectivity index (χ1) is 16.6. The molecule has 2 aromatic carbocycles. The number of benzene rings is 2. The Balaban J connectivity index is 1.31. The fourth-order valence-corrected chi connectivity index (χ4v) is 4.86. The van der Waals surface area contributed by atoms with Crippen molar-refractivity contribution in [2.75, 3.05) is 52.5 Å². The molecule has 2 aromatic rings. The molecule has 2 fully saturated rings. The SMILES string of the molecule is CCc1ccc(C(=O)N2CCC[C@@H](c3cccc(C(=O)NCCCN4CCOCC4)c3)C2)cc1. The van der Waals surface area contributed by atoms with Crippen LogP contribution in [-0.2, 0) is 11.2 Å². The number of carbonyl (C=O) groups is 2. The van der Waals surface area contributed by atoms with E-state index in [1.165, 1.54) is 5.56 Å². The molecular formula is C28H37N3O3. The number of likely N-dealkylation sites (tertiary alicyclic amines) is 1. The predicted molar refractivity (Wildman–Crippen MR) is 134 cm³/mol. The first kappa shape index (κ1) is 24.4. The molecule has 0 bridgehead atoms. The third-order valence-corrected chi connectivity index (χ3v) is 6.98. The summed E-state index contributed by atoms with van der Waals surface area (Å²) in [6.07, 6.45) is 3.91. The third-order valence-electron chi connectivity index (χ3n) is 6.98. The summed E-state index contributed by atoms with van der Waals surface area (Å²) in [4.78, 5) is 30.1. The van der Waals surface area contributed by atoms with Crippen molar-refractivity contribution in [2.24, 2.45) is 0 Å². The minimum Gasteiger partial charge on any atom is -0.379 e. The topological polar surface area (TPSA) is 61.9 Å². The van der Waals surface area contributed by atoms with Gasteiger partial charge >= 0.3 is 0 Å². The van der Waals surface area contributed by atoms with E-state index < -0.39 is 0 Å². The molecule has 4 rings (SSSR count).